The predicted octanol–water partition coefficient (Wildman–Crippen LogP) is 3.36. The Balaban J connectivity index is 2.05. The molecule has 1 heterocycles. The zero-order valence-corrected chi connectivity index (χ0v) is 11.3. The van der Waals surface area contributed by atoms with E-state index in [-0.39, 0.29) is 0 Å². The van der Waals surface area contributed by atoms with Gasteiger partial charge in [-0.05, 0) is 45.1 Å². The van der Waals surface area contributed by atoms with Gasteiger partial charge in [0, 0.05) is 12.6 Å². The normalized spacial score (nSPS) is 22.9. The molecule has 2 atom stereocenters. The van der Waals surface area contributed by atoms with E-state index in [0.717, 1.165) is 12.5 Å². The third-order valence-electron chi connectivity index (χ3n) is 3.60. The van der Waals surface area contributed by atoms with Crippen molar-refractivity contribution in [2.45, 2.75) is 70.9 Å². The van der Waals surface area contributed by atoms with Crippen LogP contribution in [0.4, 0.5) is 0 Å². The van der Waals surface area contributed by atoms with E-state index < -0.39 is 0 Å². The summed E-state index contributed by atoms with van der Waals surface area (Å²) in [5.74, 6) is 0.843. The van der Waals surface area contributed by atoms with E-state index >= 15 is 0 Å². The summed E-state index contributed by atoms with van der Waals surface area (Å²) in [5.41, 5.74) is 0. The molecule has 1 aliphatic rings. The predicted molar refractivity (Wildman–Crippen MR) is 69.7 cm³/mol. The summed E-state index contributed by atoms with van der Waals surface area (Å²) in [7, 11) is 2.09. The minimum absolute atomic E-state index is 0.556. The van der Waals surface area contributed by atoms with Crippen LogP contribution in [0.25, 0.3) is 0 Å². The molecule has 0 spiro atoms. The number of hydrogen-bond acceptors (Lipinski definition) is 2. The Morgan fingerprint density at radius 3 is 2.62 bits per heavy atom. The molecule has 1 fully saturated rings. The first-order chi connectivity index (χ1) is 7.72. The van der Waals surface area contributed by atoms with E-state index in [1.807, 2.05) is 0 Å². The zero-order valence-electron chi connectivity index (χ0n) is 11.3. The van der Waals surface area contributed by atoms with Gasteiger partial charge in [0.2, 0.25) is 0 Å². The van der Waals surface area contributed by atoms with Crippen molar-refractivity contribution in [3.8, 4) is 0 Å². The average Bonchev–Trinajstić information content (AvgIpc) is 2.75. The third-order valence-corrected chi connectivity index (χ3v) is 3.60. The first-order valence-corrected chi connectivity index (χ1v) is 7.01. The van der Waals surface area contributed by atoms with Gasteiger partial charge in [0.05, 0.1) is 6.10 Å². The molecule has 1 aliphatic heterocycles. The minimum atomic E-state index is 0.556. The number of ether oxygens (including phenoxy) is 1. The molecule has 1 N–H and O–H groups in total. The van der Waals surface area contributed by atoms with Crippen LogP contribution in [0, 0.1) is 5.92 Å². The Kier molecular flexibility index (Phi) is 7.06. The summed E-state index contributed by atoms with van der Waals surface area (Å²) in [6, 6.07) is 0.697. The van der Waals surface area contributed by atoms with Crippen molar-refractivity contribution >= 4 is 0 Å². The topological polar surface area (TPSA) is 21.3 Å². The maximum Gasteiger partial charge on any atom is 0.0576 e. The number of nitrogens with one attached hydrogen (secondary N) is 1. The Morgan fingerprint density at radius 2 is 2.06 bits per heavy atom. The van der Waals surface area contributed by atoms with Crippen molar-refractivity contribution in [1.29, 1.82) is 0 Å². The van der Waals surface area contributed by atoms with Gasteiger partial charge in [-0.1, -0.05) is 26.7 Å². The molecule has 0 aromatic heterocycles. The fourth-order valence-electron chi connectivity index (χ4n) is 2.46. The van der Waals surface area contributed by atoms with Crippen LogP contribution >= 0.6 is 0 Å². The molecule has 0 aromatic rings. The molecule has 2 heteroatoms. The van der Waals surface area contributed by atoms with Crippen LogP contribution in [0.2, 0.25) is 0 Å². The van der Waals surface area contributed by atoms with Crippen LogP contribution in [-0.4, -0.2) is 25.8 Å². The van der Waals surface area contributed by atoms with Crippen LogP contribution in [0.3, 0.4) is 0 Å². The highest BCUT2D eigenvalue weighted by Gasteiger charge is 2.17. The van der Waals surface area contributed by atoms with E-state index in [1.54, 1.807) is 0 Å². The lowest BCUT2D eigenvalue weighted by Gasteiger charge is -2.18. The van der Waals surface area contributed by atoms with Gasteiger partial charge in [-0.15, -0.1) is 0 Å². The van der Waals surface area contributed by atoms with E-state index in [2.05, 4.69) is 26.2 Å². The van der Waals surface area contributed by atoms with Crippen molar-refractivity contribution < 1.29 is 4.74 Å². The molecule has 16 heavy (non-hydrogen) atoms. The van der Waals surface area contributed by atoms with E-state index in [9.17, 15) is 0 Å². The maximum atomic E-state index is 5.66. The molecule has 0 aliphatic carbocycles. The smallest absolute Gasteiger partial charge is 0.0576 e. The van der Waals surface area contributed by atoms with E-state index in [4.69, 9.17) is 4.74 Å². The van der Waals surface area contributed by atoms with Crippen molar-refractivity contribution in [3.05, 3.63) is 0 Å². The lowest BCUT2D eigenvalue weighted by Crippen LogP contribution is -2.26. The highest BCUT2D eigenvalue weighted by molar-refractivity contribution is 4.71. The molecule has 0 aromatic carbocycles. The van der Waals surface area contributed by atoms with Crippen molar-refractivity contribution in [2.75, 3.05) is 13.7 Å². The monoisotopic (exact) mass is 227 g/mol. The largest absolute Gasteiger partial charge is 0.378 e. The lowest BCUT2D eigenvalue weighted by atomic mass is 9.98. The first kappa shape index (κ1) is 14.0. The van der Waals surface area contributed by atoms with Gasteiger partial charge < -0.3 is 10.1 Å². The third kappa shape index (κ3) is 5.86. The van der Waals surface area contributed by atoms with Crippen LogP contribution < -0.4 is 5.32 Å². The summed E-state index contributed by atoms with van der Waals surface area (Å²) in [5, 5.41) is 3.44. The Bertz CT molecular complexity index is 164. The van der Waals surface area contributed by atoms with Gasteiger partial charge in [-0.3, -0.25) is 0 Å². The average molecular weight is 227 g/mol. The molecular formula is C14H29NO. The van der Waals surface area contributed by atoms with E-state index in [1.165, 1.54) is 44.9 Å². The van der Waals surface area contributed by atoms with Gasteiger partial charge in [0.1, 0.15) is 0 Å². The highest BCUT2D eigenvalue weighted by atomic mass is 16.5. The van der Waals surface area contributed by atoms with Crippen LogP contribution in [0.5, 0.6) is 0 Å². The Labute approximate surface area is 101 Å². The van der Waals surface area contributed by atoms with Crippen molar-refractivity contribution in [2.24, 2.45) is 5.92 Å². The zero-order chi connectivity index (χ0) is 11.8. The van der Waals surface area contributed by atoms with Crippen LogP contribution in [0.15, 0.2) is 0 Å². The van der Waals surface area contributed by atoms with Crippen molar-refractivity contribution in [3.63, 3.8) is 0 Å². The molecule has 0 radical (unpaired) electrons. The molecule has 0 saturated carbocycles. The molecule has 2 unspecified atom stereocenters. The highest BCUT2D eigenvalue weighted by Crippen LogP contribution is 2.19. The number of hydrogen-bond donors (Lipinski definition) is 1. The van der Waals surface area contributed by atoms with Gasteiger partial charge in [0.25, 0.3) is 0 Å². The lowest BCUT2D eigenvalue weighted by molar-refractivity contribution is 0.0994. The standard InChI is InChI=1S/C14H29NO/c1-12(2)6-4-7-13(15-3)9-10-14-8-5-11-16-14/h12-15H,4-11H2,1-3H3. The molecule has 1 rings (SSSR count). The summed E-state index contributed by atoms with van der Waals surface area (Å²) >= 11 is 0. The van der Waals surface area contributed by atoms with Gasteiger partial charge >= 0.3 is 0 Å². The fourth-order valence-corrected chi connectivity index (χ4v) is 2.46. The molecule has 96 valence electrons. The molecular weight excluding hydrogens is 198 g/mol. The molecule has 1 saturated heterocycles. The molecule has 0 bridgehead atoms. The van der Waals surface area contributed by atoms with Gasteiger partial charge in [0.15, 0.2) is 0 Å². The maximum absolute atomic E-state index is 5.66. The van der Waals surface area contributed by atoms with Crippen LogP contribution in [-0.2, 0) is 4.74 Å². The molecule has 0 amide bonds. The quantitative estimate of drug-likeness (QED) is 0.686. The van der Waals surface area contributed by atoms with Crippen molar-refractivity contribution in [1.82, 2.24) is 5.32 Å². The summed E-state index contributed by atoms with van der Waals surface area (Å²) in [4.78, 5) is 0. The van der Waals surface area contributed by atoms with Gasteiger partial charge in [-0.2, -0.15) is 0 Å². The minimum Gasteiger partial charge on any atom is -0.378 e. The summed E-state index contributed by atoms with van der Waals surface area (Å²) in [6.45, 7) is 5.60. The second kappa shape index (κ2) is 8.08. The van der Waals surface area contributed by atoms with E-state index in [0.29, 0.717) is 12.1 Å². The second-order valence-electron chi connectivity index (χ2n) is 5.52. The van der Waals surface area contributed by atoms with Crippen LogP contribution in [0.1, 0.15) is 58.8 Å². The summed E-state index contributed by atoms with van der Waals surface area (Å²) in [6.07, 6.45) is 9.66. The Hall–Kier alpha value is -0.0800. The number of rotatable bonds is 8. The molecule has 2 nitrogen and oxygen atoms in total. The van der Waals surface area contributed by atoms with Gasteiger partial charge in [-0.25, -0.2) is 0 Å². The second-order valence-corrected chi connectivity index (χ2v) is 5.52. The Morgan fingerprint density at radius 1 is 1.25 bits per heavy atom. The summed E-state index contributed by atoms with van der Waals surface area (Å²) < 4.78 is 5.66. The fraction of sp³-hybridized carbons (Fsp3) is 1.00. The first-order valence-electron chi connectivity index (χ1n) is 7.01. The SMILES string of the molecule is CNC(CCCC(C)C)CCC1CCCO1.